The first-order valence-electron chi connectivity index (χ1n) is 5.56. The molecular weight excluding hydrogens is 252 g/mol. The van der Waals surface area contributed by atoms with Gasteiger partial charge in [-0.15, -0.1) is 6.42 Å². The van der Waals surface area contributed by atoms with Gasteiger partial charge in [-0.05, 0) is 20.3 Å². The minimum atomic E-state index is -3.76. The minimum absolute atomic E-state index is 0.0243. The number of nitrogens with two attached hydrogens (primary N) is 1. The molecule has 6 nitrogen and oxygen atoms in total. The number of rotatable bonds is 5. The van der Waals surface area contributed by atoms with E-state index in [0.29, 0.717) is 6.54 Å². The Morgan fingerprint density at radius 3 is 2.72 bits per heavy atom. The van der Waals surface area contributed by atoms with Crippen LogP contribution in [0.25, 0.3) is 0 Å². The summed E-state index contributed by atoms with van der Waals surface area (Å²) in [5.74, 6) is 2.34. The Bertz CT molecular complexity index is 566. The number of terminal acetylenes is 1. The average Bonchev–Trinajstić information content (AvgIpc) is 2.59. The van der Waals surface area contributed by atoms with Crippen LogP contribution in [0, 0.1) is 12.3 Å². The molecule has 0 spiro atoms. The number of hydrogen-bond donors (Lipinski definition) is 2. The molecule has 0 aromatic carbocycles. The van der Waals surface area contributed by atoms with Crippen LogP contribution < -0.4 is 10.5 Å². The molecule has 0 amide bonds. The summed E-state index contributed by atoms with van der Waals surface area (Å²) in [5, 5.41) is 3.95. The molecule has 1 rings (SSSR count). The third-order valence-electron chi connectivity index (χ3n) is 2.25. The van der Waals surface area contributed by atoms with Crippen molar-refractivity contribution >= 4 is 15.8 Å². The highest BCUT2D eigenvalue weighted by molar-refractivity contribution is 7.89. The molecule has 0 aliphatic carbocycles. The number of aromatic nitrogens is 2. The van der Waals surface area contributed by atoms with E-state index in [-0.39, 0.29) is 10.7 Å². The lowest BCUT2D eigenvalue weighted by atomic mass is 10.1. The number of anilines is 1. The summed E-state index contributed by atoms with van der Waals surface area (Å²) >= 11 is 0. The van der Waals surface area contributed by atoms with Crippen LogP contribution in [-0.4, -0.2) is 23.7 Å². The smallest absolute Gasteiger partial charge is 0.247 e. The number of nitrogens with zero attached hydrogens (tertiary/aromatic N) is 2. The lowest BCUT2D eigenvalue weighted by molar-refractivity contribution is 0.538. The van der Waals surface area contributed by atoms with E-state index in [9.17, 15) is 8.42 Å². The summed E-state index contributed by atoms with van der Waals surface area (Å²) in [6.07, 6.45) is 7.50. The molecule has 3 N–H and O–H groups in total. The number of nitrogens with one attached hydrogen (secondary N) is 1. The zero-order chi connectivity index (χ0) is 14.0. The van der Waals surface area contributed by atoms with E-state index in [1.807, 2.05) is 6.92 Å². The molecule has 0 bridgehead atoms. The lowest BCUT2D eigenvalue weighted by Gasteiger charge is -2.18. The van der Waals surface area contributed by atoms with Crippen LogP contribution in [0.5, 0.6) is 0 Å². The van der Waals surface area contributed by atoms with E-state index in [1.54, 1.807) is 13.8 Å². The van der Waals surface area contributed by atoms with Gasteiger partial charge in [-0.2, -0.15) is 9.82 Å². The molecule has 0 fully saturated rings. The second-order valence-electron chi connectivity index (χ2n) is 4.52. The third-order valence-corrected chi connectivity index (χ3v) is 3.92. The number of sulfonamides is 1. The third kappa shape index (κ3) is 3.24. The van der Waals surface area contributed by atoms with Crippen LogP contribution in [0.2, 0.25) is 0 Å². The van der Waals surface area contributed by atoms with Gasteiger partial charge in [0.2, 0.25) is 10.0 Å². The molecule has 100 valence electrons. The van der Waals surface area contributed by atoms with E-state index < -0.39 is 15.6 Å². The van der Waals surface area contributed by atoms with Gasteiger partial charge in [0.05, 0.1) is 5.54 Å². The molecule has 0 saturated carbocycles. The number of hydrogen-bond acceptors (Lipinski definition) is 4. The van der Waals surface area contributed by atoms with Crippen molar-refractivity contribution < 1.29 is 8.42 Å². The highest BCUT2D eigenvalue weighted by Crippen LogP contribution is 2.18. The van der Waals surface area contributed by atoms with Gasteiger partial charge in [-0.1, -0.05) is 12.8 Å². The molecule has 0 aliphatic heterocycles. The Kier molecular flexibility index (Phi) is 4.04. The lowest BCUT2D eigenvalue weighted by Crippen LogP contribution is -2.42. The van der Waals surface area contributed by atoms with Crippen molar-refractivity contribution in [3.05, 3.63) is 6.20 Å². The molecule has 1 aromatic heterocycles. The molecule has 7 heteroatoms. The van der Waals surface area contributed by atoms with Crippen molar-refractivity contribution in [1.29, 1.82) is 0 Å². The topological polar surface area (TPSA) is 90.0 Å². The summed E-state index contributed by atoms with van der Waals surface area (Å²) in [7, 11) is -3.76. The summed E-state index contributed by atoms with van der Waals surface area (Å²) in [5.41, 5.74) is 4.64. The average molecular weight is 270 g/mol. The van der Waals surface area contributed by atoms with Crippen LogP contribution in [0.1, 0.15) is 27.2 Å². The first kappa shape index (κ1) is 14.5. The molecule has 0 unspecified atom stereocenters. The molecule has 0 saturated heterocycles. The van der Waals surface area contributed by atoms with Crippen molar-refractivity contribution in [2.45, 2.75) is 44.2 Å². The van der Waals surface area contributed by atoms with E-state index in [2.05, 4.69) is 15.7 Å². The highest BCUT2D eigenvalue weighted by atomic mass is 32.2. The van der Waals surface area contributed by atoms with E-state index in [1.165, 1.54) is 10.9 Å². The van der Waals surface area contributed by atoms with Crippen LogP contribution in [0.4, 0.5) is 5.82 Å². The normalized spacial score (nSPS) is 12.3. The van der Waals surface area contributed by atoms with Gasteiger partial charge in [0.1, 0.15) is 4.90 Å². The fraction of sp³-hybridized carbons (Fsp3) is 0.545. The Morgan fingerprint density at radius 1 is 1.61 bits per heavy atom. The summed E-state index contributed by atoms with van der Waals surface area (Å²) in [6.45, 7) is 5.76. The van der Waals surface area contributed by atoms with Crippen molar-refractivity contribution in [3.8, 4) is 12.3 Å². The highest BCUT2D eigenvalue weighted by Gasteiger charge is 2.27. The van der Waals surface area contributed by atoms with Crippen LogP contribution in [0.3, 0.4) is 0 Å². The van der Waals surface area contributed by atoms with Crippen molar-refractivity contribution in [2.75, 3.05) is 5.73 Å². The minimum Gasteiger partial charge on any atom is -0.381 e. The van der Waals surface area contributed by atoms with Crippen molar-refractivity contribution in [1.82, 2.24) is 14.5 Å². The molecular formula is C11H18N4O2S. The van der Waals surface area contributed by atoms with Crippen LogP contribution >= 0.6 is 0 Å². The molecule has 18 heavy (non-hydrogen) atoms. The molecule has 0 radical (unpaired) electrons. The SMILES string of the molecule is C#CC(C)(C)NS(=O)(=O)c1cn(CCC)nc1N. The maximum Gasteiger partial charge on any atom is 0.247 e. The molecule has 0 atom stereocenters. The monoisotopic (exact) mass is 270 g/mol. The second-order valence-corrected chi connectivity index (χ2v) is 6.17. The van der Waals surface area contributed by atoms with Gasteiger partial charge < -0.3 is 5.73 Å². The standard InChI is InChI=1S/C11H18N4O2S/c1-5-7-15-8-9(10(12)13-15)18(16,17)14-11(3,4)6-2/h2,8,14H,5,7H2,1,3-4H3,(H2,12,13). The van der Waals surface area contributed by atoms with Gasteiger partial charge in [0.15, 0.2) is 5.82 Å². The van der Waals surface area contributed by atoms with Crippen LogP contribution in [-0.2, 0) is 16.6 Å². The number of aryl methyl sites for hydroxylation is 1. The Hall–Kier alpha value is -1.52. The number of nitrogen functional groups attached to an aromatic ring is 1. The largest absolute Gasteiger partial charge is 0.381 e. The fourth-order valence-electron chi connectivity index (χ4n) is 1.39. The van der Waals surface area contributed by atoms with Crippen molar-refractivity contribution in [2.24, 2.45) is 0 Å². The second kappa shape index (κ2) is 5.00. The van der Waals surface area contributed by atoms with Gasteiger partial charge in [-0.3, -0.25) is 4.68 Å². The zero-order valence-corrected chi connectivity index (χ0v) is 11.6. The quantitative estimate of drug-likeness (QED) is 0.765. The van der Waals surface area contributed by atoms with Crippen LogP contribution in [0.15, 0.2) is 11.1 Å². The molecule has 0 aliphatic rings. The predicted molar refractivity (Wildman–Crippen MR) is 70.2 cm³/mol. The van der Waals surface area contributed by atoms with E-state index in [4.69, 9.17) is 12.2 Å². The maximum atomic E-state index is 12.1. The van der Waals surface area contributed by atoms with Gasteiger partial charge in [0, 0.05) is 12.7 Å². The Labute approximate surface area is 108 Å². The summed E-state index contributed by atoms with van der Waals surface area (Å²) in [4.78, 5) is -0.0423. The first-order chi connectivity index (χ1) is 8.22. The predicted octanol–water partition coefficient (Wildman–Crippen LogP) is 0.565. The van der Waals surface area contributed by atoms with E-state index >= 15 is 0 Å². The maximum absolute atomic E-state index is 12.1. The van der Waals surface area contributed by atoms with Gasteiger partial charge in [-0.25, -0.2) is 8.42 Å². The Morgan fingerprint density at radius 2 is 2.22 bits per heavy atom. The van der Waals surface area contributed by atoms with Crippen molar-refractivity contribution in [3.63, 3.8) is 0 Å². The van der Waals surface area contributed by atoms with Gasteiger partial charge >= 0.3 is 0 Å². The fourth-order valence-corrected chi connectivity index (χ4v) is 2.81. The zero-order valence-electron chi connectivity index (χ0n) is 10.8. The first-order valence-corrected chi connectivity index (χ1v) is 7.05. The molecule has 1 heterocycles. The van der Waals surface area contributed by atoms with Gasteiger partial charge in [0.25, 0.3) is 0 Å². The summed E-state index contributed by atoms with van der Waals surface area (Å²) in [6, 6.07) is 0. The van der Waals surface area contributed by atoms with E-state index in [0.717, 1.165) is 6.42 Å². The summed E-state index contributed by atoms with van der Waals surface area (Å²) < 4.78 is 28.1. The Balaban J connectivity index is 3.10. The molecule has 1 aromatic rings.